The summed E-state index contributed by atoms with van der Waals surface area (Å²) < 4.78 is 2.04. The molecule has 0 aliphatic carbocycles. The van der Waals surface area contributed by atoms with Gasteiger partial charge in [0.2, 0.25) is 5.82 Å². The molecule has 0 saturated heterocycles. The van der Waals surface area contributed by atoms with Crippen LogP contribution in [0, 0.1) is 6.92 Å². The minimum atomic E-state index is 0. The number of nitrogens with zero attached hydrogens (tertiary/aromatic N) is 3. The van der Waals surface area contributed by atoms with Gasteiger partial charge in [0, 0.05) is 12.6 Å². The van der Waals surface area contributed by atoms with Gasteiger partial charge in [-0.2, -0.15) is 0 Å². The molecular formula is C16H22IN5. The molecule has 1 aliphatic heterocycles. The predicted molar refractivity (Wildman–Crippen MR) is 85.4 cm³/mol. The van der Waals surface area contributed by atoms with E-state index in [2.05, 4.69) is 58.0 Å². The van der Waals surface area contributed by atoms with Gasteiger partial charge in [-0.3, -0.25) is 15.8 Å². The van der Waals surface area contributed by atoms with Crippen LogP contribution in [0.4, 0.5) is 17.5 Å². The third-order valence-electron chi connectivity index (χ3n) is 4.00. The summed E-state index contributed by atoms with van der Waals surface area (Å²) in [5.74, 6) is 1.72. The first-order chi connectivity index (χ1) is 10.2. The van der Waals surface area contributed by atoms with Crippen LogP contribution in [0.3, 0.4) is 0 Å². The van der Waals surface area contributed by atoms with E-state index in [1.54, 1.807) is 0 Å². The number of nitrogens with one attached hydrogen (secondary N) is 2. The van der Waals surface area contributed by atoms with Gasteiger partial charge in [0.1, 0.15) is 0 Å². The van der Waals surface area contributed by atoms with Crippen LogP contribution in [0.15, 0.2) is 30.3 Å². The summed E-state index contributed by atoms with van der Waals surface area (Å²) in [6.07, 6.45) is 2.30. The second kappa shape index (κ2) is 7.13. The number of hydrogen-bond acceptors (Lipinski definition) is 4. The lowest BCUT2D eigenvalue weighted by atomic mass is 10.0. The monoisotopic (exact) mass is 411 g/mol. The Bertz CT molecular complexity index is 659. The van der Waals surface area contributed by atoms with Crippen LogP contribution >= 0.6 is 0 Å². The molecule has 0 unspecified atom stereocenters. The molecular weight excluding hydrogens is 389 g/mol. The van der Waals surface area contributed by atoms with Gasteiger partial charge in [-0.15, -0.1) is 0 Å². The third-order valence-corrected chi connectivity index (χ3v) is 4.00. The van der Waals surface area contributed by atoms with Gasteiger partial charge in [-0.1, -0.05) is 23.2 Å². The average molecular weight is 411 g/mol. The highest BCUT2D eigenvalue weighted by Gasteiger charge is 2.19. The van der Waals surface area contributed by atoms with Gasteiger partial charge < -0.3 is 24.0 Å². The molecule has 0 amide bonds. The lowest BCUT2D eigenvalue weighted by molar-refractivity contribution is -0.665. The highest BCUT2D eigenvalue weighted by molar-refractivity contribution is 5.59. The summed E-state index contributed by atoms with van der Waals surface area (Å²) in [6, 6.07) is 10.6. The first-order valence-electron chi connectivity index (χ1n) is 7.36. The van der Waals surface area contributed by atoms with Gasteiger partial charge in [-0.25, -0.2) is 4.57 Å². The van der Waals surface area contributed by atoms with Crippen LogP contribution in [0.2, 0.25) is 0 Å². The molecule has 2 heterocycles. The second-order valence-electron chi connectivity index (χ2n) is 5.41. The van der Waals surface area contributed by atoms with E-state index in [1.165, 1.54) is 11.3 Å². The Kier molecular flexibility index (Phi) is 5.44. The van der Waals surface area contributed by atoms with E-state index in [0.29, 0.717) is 0 Å². The molecule has 1 aromatic heterocycles. The fourth-order valence-electron chi connectivity index (χ4n) is 2.75. The molecule has 0 spiro atoms. The van der Waals surface area contributed by atoms with Crippen molar-refractivity contribution >= 4 is 17.5 Å². The molecule has 0 atom stereocenters. The van der Waals surface area contributed by atoms with Crippen LogP contribution in [0.1, 0.15) is 17.7 Å². The third kappa shape index (κ3) is 3.26. The maximum Gasteiger partial charge on any atom is 0.393 e. The Morgan fingerprint density at radius 2 is 2.05 bits per heavy atom. The Hall–Kier alpha value is -1.57. The Morgan fingerprint density at radius 3 is 2.82 bits per heavy atom. The molecule has 2 N–H and O–H groups in total. The quantitative estimate of drug-likeness (QED) is 0.505. The van der Waals surface area contributed by atoms with Crippen molar-refractivity contribution in [3.8, 4) is 0 Å². The number of benzene rings is 1. The Balaban J connectivity index is 0.00000176. The Labute approximate surface area is 148 Å². The molecule has 0 radical (unpaired) electrons. The summed E-state index contributed by atoms with van der Waals surface area (Å²) in [6.45, 7) is 3.07. The number of hydrogen-bond donors (Lipinski definition) is 2. The smallest absolute Gasteiger partial charge is 0.393 e. The van der Waals surface area contributed by atoms with Crippen molar-refractivity contribution in [3.63, 3.8) is 0 Å². The highest BCUT2D eigenvalue weighted by Crippen LogP contribution is 2.26. The summed E-state index contributed by atoms with van der Waals surface area (Å²) in [4.78, 5) is 4.62. The molecule has 2 aromatic rings. The van der Waals surface area contributed by atoms with E-state index in [9.17, 15) is 0 Å². The number of rotatable bonds is 3. The van der Waals surface area contributed by atoms with Crippen LogP contribution in [0.25, 0.3) is 0 Å². The van der Waals surface area contributed by atoms with Crippen LogP contribution < -0.4 is 44.3 Å². The zero-order valence-corrected chi connectivity index (χ0v) is 15.4. The standard InChI is InChI=1S/C16H21N5.HI/c1-12-11-15(18-16(17-2)20(12)3)19-21-10-6-8-13-7-4-5-9-14(13)21;/h4-5,7,9,11H,6,8,10H2,1-3H3,(H,17,18,19);1H. The fraction of sp³-hybridized carbons (Fsp3) is 0.375. The molecule has 22 heavy (non-hydrogen) atoms. The number of aryl methyl sites for hydroxylation is 2. The van der Waals surface area contributed by atoms with Crippen molar-refractivity contribution < 1.29 is 28.5 Å². The number of hydrazine groups is 1. The fourth-order valence-corrected chi connectivity index (χ4v) is 2.75. The van der Waals surface area contributed by atoms with Crippen molar-refractivity contribution in [2.75, 3.05) is 29.3 Å². The number of fused-ring (bicyclic) bond motifs is 1. The highest BCUT2D eigenvalue weighted by atomic mass is 127. The van der Waals surface area contributed by atoms with Crippen molar-refractivity contribution in [1.82, 2.24) is 4.98 Å². The van der Waals surface area contributed by atoms with Crippen molar-refractivity contribution in [2.24, 2.45) is 7.05 Å². The van der Waals surface area contributed by atoms with E-state index < -0.39 is 0 Å². The largest absolute Gasteiger partial charge is 1.00 e. The normalized spacial score (nSPS) is 13.1. The molecule has 118 valence electrons. The molecule has 0 saturated carbocycles. The van der Waals surface area contributed by atoms with Crippen molar-refractivity contribution in [1.29, 1.82) is 0 Å². The van der Waals surface area contributed by atoms with Crippen LogP contribution in [-0.2, 0) is 13.5 Å². The number of aromatic nitrogens is 2. The molecule has 1 aromatic carbocycles. The van der Waals surface area contributed by atoms with Gasteiger partial charge in [0.25, 0.3) is 0 Å². The maximum atomic E-state index is 4.62. The molecule has 5 nitrogen and oxygen atoms in total. The number of anilines is 3. The number of para-hydroxylation sites is 1. The molecule has 0 bridgehead atoms. The SMILES string of the molecule is CNc1nc(NN2CCCc3ccccc32)cc(C)[n+]1C.[I-]. The predicted octanol–water partition coefficient (Wildman–Crippen LogP) is -0.960. The number of halogens is 1. The van der Waals surface area contributed by atoms with Crippen molar-refractivity contribution in [3.05, 3.63) is 41.6 Å². The van der Waals surface area contributed by atoms with Gasteiger partial charge in [-0.05, 0) is 31.4 Å². The minimum absolute atomic E-state index is 0. The maximum absolute atomic E-state index is 4.62. The van der Waals surface area contributed by atoms with E-state index in [0.717, 1.165) is 36.8 Å². The molecule has 1 aliphatic rings. The van der Waals surface area contributed by atoms with Crippen LogP contribution in [0.5, 0.6) is 0 Å². The summed E-state index contributed by atoms with van der Waals surface area (Å²) in [7, 11) is 3.90. The van der Waals surface area contributed by atoms with E-state index in [-0.39, 0.29) is 24.0 Å². The summed E-state index contributed by atoms with van der Waals surface area (Å²) in [5, 5.41) is 5.32. The first kappa shape index (κ1) is 16.8. The topological polar surface area (TPSA) is 44.1 Å². The summed E-state index contributed by atoms with van der Waals surface area (Å²) >= 11 is 0. The van der Waals surface area contributed by atoms with Gasteiger partial charge in [0.15, 0.2) is 0 Å². The van der Waals surface area contributed by atoms with Gasteiger partial charge >= 0.3 is 5.95 Å². The summed E-state index contributed by atoms with van der Waals surface area (Å²) in [5.41, 5.74) is 7.25. The molecule has 6 heteroatoms. The Morgan fingerprint density at radius 1 is 1.27 bits per heavy atom. The lowest BCUT2D eigenvalue weighted by Crippen LogP contribution is -3.00. The minimum Gasteiger partial charge on any atom is -1.00 e. The second-order valence-corrected chi connectivity index (χ2v) is 5.41. The first-order valence-corrected chi connectivity index (χ1v) is 7.36. The molecule has 0 fully saturated rings. The lowest BCUT2D eigenvalue weighted by Gasteiger charge is -2.31. The van der Waals surface area contributed by atoms with Crippen molar-refractivity contribution in [2.45, 2.75) is 19.8 Å². The van der Waals surface area contributed by atoms with E-state index >= 15 is 0 Å². The van der Waals surface area contributed by atoms with Gasteiger partial charge in [0.05, 0.1) is 25.5 Å². The van der Waals surface area contributed by atoms with E-state index in [4.69, 9.17) is 0 Å². The van der Waals surface area contributed by atoms with Crippen LogP contribution in [-0.4, -0.2) is 18.6 Å². The zero-order valence-electron chi connectivity index (χ0n) is 13.2. The van der Waals surface area contributed by atoms with E-state index in [1.807, 2.05) is 18.7 Å². The molecule has 3 rings (SSSR count). The average Bonchev–Trinajstić information content (AvgIpc) is 2.51. The zero-order chi connectivity index (χ0) is 14.8.